The lowest BCUT2D eigenvalue weighted by atomic mass is 10.2. The molecule has 106 valence electrons. The minimum absolute atomic E-state index is 0.218. The van der Waals surface area contributed by atoms with Crippen molar-refractivity contribution in [2.75, 3.05) is 11.9 Å². The molecule has 6 nitrogen and oxygen atoms in total. The van der Waals surface area contributed by atoms with E-state index in [1.165, 1.54) is 0 Å². The minimum Gasteiger partial charge on any atom is -0.385 e. The molecule has 6 heteroatoms. The molecule has 0 aliphatic carbocycles. The summed E-state index contributed by atoms with van der Waals surface area (Å²) >= 11 is 0. The van der Waals surface area contributed by atoms with Gasteiger partial charge >= 0.3 is 0 Å². The predicted molar refractivity (Wildman–Crippen MR) is 75.5 cm³/mol. The summed E-state index contributed by atoms with van der Waals surface area (Å²) < 4.78 is 5.06. The molecule has 0 aliphatic rings. The molecule has 1 amide bonds. The maximum Gasteiger partial charge on any atom is 0.270 e. The van der Waals surface area contributed by atoms with E-state index in [1.807, 2.05) is 26.8 Å². The van der Waals surface area contributed by atoms with Gasteiger partial charge in [-0.15, -0.1) is 0 Å². The Morgan fingerprint density at radius 2 is 2.20 bits per heavy atom. The summed E-state index contributed by atoms with van der Waals surface area (Å²) in [5.41, 5.74) is 2.96. The molecule has 0 spiro atoms. The molecule has 0 aromatic carbocycles. The monoisotopic (exact) mass is 274 g/mol. The van der Waals surface area contributed by atoms with Crippen LogP contribution in [-0.4, -0.2) is 22.6 Å². The number of carbonyl (C=O) groups is 1. The molecule has 0 saturated heterocycles. The van der Waals surface area contributed by atoms with Crippen molar-refractivity contribution in [1.82, 2.24) is 15.5 Å². The van der Waals surface area contributed by atoms with E-state index in [9.17, 15) is 4.79 Å². The van der Waals surface area contributed by atoms with Gasteiger partial charge in [0.15, 0.2) is 0 Å². The van der Waals surface area contributed by atoms with E-state index in [-0.39, 0.29) is 5.91 Å². The van der Waals surface area contributed by atoms with Crippen molar-refractivity contribution in [3.05, 3.63) is 41.0 Å². The summed E-state index contributed by atoms with van der Waals surface area (Å²) in [6.45, 7) is 6.85. The third kappa shape index (κ3) is 3.14. The normalized spacial score (nSPS) is 10.3. The molecule has 2 aromatic rings. The summed E-state index contributed by atoms with van der Waals surface area (Å²) in [4.78, 5) is 16.1. The predicted octanol–water partition coefficient (Wildman–Crippen LogP) is 2.05. The van der Waals surface area contributed by atoms with Crippen molar-refractivity contribution >= 4 is 11.6 Å². The SMILES string of the molecule is CCNc1ccnc(C(=O)NCc2c(C)noc2C)c1. The molecular formula is C14H18N4O2. The smallest absolute Gasteiger partial charge is 0.270 e. The maximum absolute atomic E-state index is 12.1. The molecule has 20 heavy (non-hydrogen) atoms. The molecule has 0 atom stereocenters. The Morgan fingerprint density at radius 1 is 1.40 bits per heavy atom. The molecule has 0 radical (unpaired) electrons. The number of hydrogen-bond donors (Lipinski definition) is 2. The van der Waals surface area contributed by atoms with Crippen LogP contribution in [0, 0.1) is 13.8 Å². The van der Waals surface area contributed by atoms with Crippen LogP contribution in [0.3, 0.4) is 0 Å². The number of pyridine rings is 1. The van der Waals surface area contributed by atoms with Crippen molar-refractivity contribution in [2.24, 2.45) is 0 Å². The van der Waals surface area contributed by atoms with Crippen molar-refractivity contribution in [3.8, 4) is 0 Å². The first-order valence-electron chi connectivity index (χ1n) is 6.51. The second kappa shape index (κ2) is 6.18. The van der Waals surface area contributed by atoms with Crippen LogP contribution in [0.2, 0.25) is 0 Å². The van der Waals surface area contributed by atoms with Gasteiger partial charge in [-0.2, -0.15) is 0 Å². The highest BCUT2D eigenvalue weighted by Gasteiger charge is 2.12. The van der Waals surface area contributed by atoms with Gasteiger partial charge in [-0.05, 0) is 32.9 Å². The minimum atomic E-state index is -0.218. The first-order chi connectivity index (χ1) is 9.61. The molecule has 2 rings (SSSR count). The van der Waals surface area contributed by atoms with Crippen LogP contribution in [0.25, 0.3) is 0 Å². The summed E-state index contributed by atoms with van der Waals surface area (Å²) in [6.07, 6.45) is 1.61. The highest BCUT2D eigenvalue weighted by atomic mass is 16.5. The molecule has 0 unspecified atom stereocenters. The van der Waals surface area contributed by atoms with Gasteiger partial charge in [0.25, 0.3) is 5.91 Å². The topological polar surface area (TPSA) is 80.0 Å². The van der Waals surface area contributed by atoms with E-state index in [1.54, 1.807) is 12.3 Å². The van der Waals surface area contributed by atoms with Crippen LogP contribution < -0.4 is 10.6 Å². The second-order valence-electron chi connectivity index (χ2n) is 4.45. The Hall–Kier alpha value is -2.37. The van der Waals surface area contributed by atoms with E-state index < -0.39 is 0 Å². The quantitative estimate of drug-likeness (QED) is 0.872. The van der Waals surface area contributed by atoms with Crippen LogP contribution in [0.15, 0.2) is 22.9 Å². The molecule has 0 aliphatic heterocycles. The van der Waals surface area contributed by atoms with E-state index in [2.05, 4.69) is 20.8 Å². The average molecular weight is 274 g/mol. The van der Waals surface area contributed by atoms with Crippen molar-refractivity contribution in [3.63, 3.8) is 0 Å². The van der Waals surface area contributed by atoms with Gasteiger partial charge in [0.05, 0.1) is 5.69 Å². The Kier molecular flexibility index (Phi) is 4.34. The zero-order valence-corrected chi connectivity index (χ0v) is 11.9. The molecule has 0 bridgehead atoms. The lowest BCUT2D eigenvalue weighted by Gasteiger charge is -2.07. The Morgan fingerprint density at radius 3 is 2.85 bits per heavy atom. The number of aryl methyl sites for hydroxylation is 2. The van der Waals surface area contributed by atoms with Gasteiger partial charge in [0.2, 0.25) is 0 Å². The fraction of sp³-hybridized carbons (Fsp3) is 0.357. The third-order valence-corrected chi connectivity index (χ3v) is 2.98. The second-order valence-corrected chi connectivity index (χ2v) is 4.45. The Balaban J connectivity index is 2.03. The summed E-state index contributed by atoms with van der Waals surface area (Å²) in [7, 11) is 0. The highest BCUT2D eigenvalue weighted by Crippen LogP contribution is 2.12. The van der Waals surface area contributed by atoms with Gasteiger partial charge in [0.1, 0.15) is 11.5 Å². The van der Waals surface area contributed by atoms with E-state index in [0.717, 1.165) is 29.2 Å². The summed E-state index contributed by atoms with van der Waals surface area (Å²) in [5, 5.41) is 9.82. The van der Waals surface area contributed by atoms with Gasteiger partial charge in [-0.1, -0.05) is 5.16 Å². The van der Waals surface area contributed by atoms with Gasteiger partial charge in [0, 0.05) is 30.5 Å². The number of nitrogens with one attached hydrogen (secondary N) is 2. The van der Waals surface area contributed by atoms with E-state index in [4.69, 9.17) is 4.52 Å². The number of amides is 1. The number of aromatic nitrogens is 2. The fourth-order valence-electron chi connectivity index (χ4n) is 1.88. The van der Waals surface area contributed by atoms with Gasteiger partial charge in [-0.25, -0.2) is 0 Å². The van der Waals surface area contributed by atoms with E-state index >= 15 is 0 Å². The maximum atomic E-state index is 12.1. The van der Waals surface area contributed by atoms with Gasteiger partial charge < -0.3 is 15.2 Å². The zero-order valence-electron chi connectivity index (χ0n) is 11.9. The van der Waals surface area contributed by atoms with Crippen molar-refractivity contribution < 1.29 is 9.32 Å². The van der Waals surface area contributed by atoms with Gasteiger partial charge in [-0.3, -0.25) is 9.78 Å². The molecule has 0 fully saturated rings. The first-order valence-corrected chi connectivity index (χ1v) is 6.51. The first kappa shape index (κ1) is 14.0. The Labute approximate surface area is 117 Å². The number of hydrogen-bond acceptors (Lipinski definition) is 5. The molecule has 2 N–H and O–H groups in total. The fourth-order valence-corrected chi connectivity index (χ4v) is 1.88. The van der Waals surface area contributed by atoms with Crippen molar-refractivity contribution in [2.45, 2.75) is 27.3 Å². The van der Waals surface area contributed by atoms with Crippen LogP contribution in [-0.2, 0) is 6.54 Å². The standard InChI is InChI=1S/C14H18N4O2/c1-4-15-11-5-6-16-13(7-11)14(19)17-8-12-9(2)18-20-10(12)3/h5-7H,4,8H2,1-3H3,(H,15,16)(H,17,19). The van der Waals surface area contributed by atoms with Crippen LogP contribution in [0.4, 0.5) is 5.69 Å². The number of anilines is 1. The van der Waals surface area contributed by atoms with Crippen LogP contribution >= 0.6 is 0 Å². The van der Waals surface area contributed by atoms with Crippen LogP contribution in [0.5, 0.6) is 0 Å². The number of rotatable bonds is 5. The van der Waals surface area contributed by atoms with Crippen LogP contribution in [0.1, 0.15) is 34.4 Å². The third-order valence-electron chi connectivity index (χ3n) is 2.98. The average Bonchev–Trinajstić information content (AvgIpc) is 2.76. The zero-order chi connectivity index (χ0) is 14.5. The van der Waals surface area contributed by atoms with E-state index in [0.29, 0.717) is 12.2 Å². The highest BCUT2D eigenvalue weighted by molar-refractivity contribution is 5.93. The molecular weight excluding hydrogens is 256 g/mol. The Bertz CT molecular complexity index is 587. The summed E-state index contributed by atoms with van der Waals surface area (Å²) in [6, 6.07) is 3.56. The molecule has 2 heterocycles. The lowest BCUT2D eigenvalue weighted by molar-refractivity contribution is 0.0946. The van der Waals surface area contributed by atoms with Crippen molar-refractivity contribution in [1.29, 1.82) is 0 Å². The lowest BCUT2D eigenvalue weighted by Crippen LogP contribution is -2.24. The number of nitrogens with zero attached hydrogens (tertiary/aromatic N) is 2. The number of carbonyl (C=O) groups excluding carboxylic acids is 1. The molecule has 0 saturated carbocycles. The summed E-state index contributed by atoms with van der Waals surface area (Å²) in [5.74, 6) is 0.502. The largest absolute Gasteiger partial charge is 0.385 e. The molecule has 2 aromatic heterocycles.